The van der Waals surface area contributed by atoms with E-state index in [2.05, 4.69) is 5.32 Å². The summed E-state index contributed by atoms with van der Waals surface area (Å²) in [5, 5.41) is 2.77. The van der Waals surface area contributed by atoms with Gasteiger partial charge in [0, 0.05) is 12.1 Å². The van der Waals surface area contributed by atoms with Crippen molar-refractivity contribution in [2.75, 3.05) is 6.54 Å². The van der Waals surface area contributed by atoms with Crippen LogP contribution in [-0.2, 0) is 10.3 Å². The maximum Gasteiger partial charge on any atom is 0.244 e. The Labute approximate surface area is 102 Å². The van der Waals surface area contributed by atoms with E-state index >= 15 is 0 Å². The second-order valence-corrected chi connectivity index (χ2v) is 5.24. The van der Waals surface area contributed by atoms with Gasteiger partial charge >= 0.3 is 0 Å². The zero-order valence-electron chi connectivity index (χ0n) is 10.7. The molecule has 0 fully saturated rings. The van der Waals surface area contributed by atoms with Crippen molar-refractivity contribution in [3.63, 3.8) is 0 Å². The summed E-state index contributed by atoms with van der Waals surface area (Å²) in [5.41, 5.74) is 11.2. The minimum Gasteiger partial charge on any atom is -0.352 e. The standard InChI is InChI=1S/C13H21N3O/c1-12(2,14)9-16-11(17)13(3,15)10-7-5-4-6-8-10/h4-8H,9,14-15H2,1-3H3,(H,16,17). The van der Waals surface area contributed by atoms with E-state index in [0.717, 1.165) is 5.56 Å². The van der Waals surface area contributed by atoms with E-state index in [1.807, 2.05) is 44.2 Å². The molecule has 4 heteroatoms. The summed E-state index contributed by atoms with van der Waals surface area (Å²) in [6.07, 6.45) is 0. The van der Waals surface area contributed by atoms with E-state index in [-0.39, 0.29) is 5.91 Å². The molecule has 0 saturated heterocycles. The zero-order valence-corrected chi connectivity index (χ0v) is 10.7. The van der Waals surface area contributed by atoms with Gasteiger partial charge in [-0.3, -0.25) is 4.79 Å². The number of carbonyl (C=O) groups is 1. The van der Waals surface area contributed by atoms with Crippen LogP contribution in [-0.4, -0.2) is 18.0 Å². The van der Waals surface area contributed by atoms with Gasteiger partial charge in [0.25, 0.3) is 0 Å². The lowest BCUT2D eigenvalue weighted by Gasteiger charge is -2.27. The zero-order chi connectivity index (χ0) is 13.1. The maximum absolute atomic E-state index is 12.0. The van der Waals surface area contributed by atoms with Gasteiger partial charge in [-0.05, 0) is 26.3 Å². The number of nitrogens with one attached hydrogen (secondary N) is 1. The van der Waals surface area contributed by atoms with E-state index in [1.54, 1.807) is 6.92 Å². The van der Waals surface area contributed by atoms with Crippen LogP contribution < -0.4 is 16.8 Å². The van der Waals surface area contributed by atoms with Gasteiger partial charge in [-0.1, -0.05) is 30.3 Å². The topological polar surface area (TPSA) is 81.1 Å². The molecule has 0 aliphatic carbocycles. The lowest BCUT2D eigenvalue weighted by Crippen LogP contribution is -2.53. The number of hydrogen-bond donors (Lipinski definition) is 3. The predicted molar refractivity (Wildman–Crippen MR) is 69.3 cm³/mol. The molecule has 17 heavy (non-hydrogen) atoms. The minimum atomic E-state index is -1.04. The van der Waals surface area contributed by atoms with E-state index < -0.39 is 11.1 Å². The van der Waals surface area contributed by atoms with Gasteiger partial charge in [-0.15, -0.1) is 0 Å². The van der Waals surface area contributed by atoms with Crippen molar-refractivity contribution in [3.8, 4) is 0 Å². The highest BCUT2D eigenvalue weighted by atomic mass is 16.2. The number of hydrogen-bond acceptors (Lipinski definition) is 3. The Morgan fingerprint density at radius 3 is 2.18 bits per heavy atom. The molecule has 0 heterocycles. The maximum atomic E-state index is 12.0. The Bertz CT molecular complexity index is 379. The molecule has 4 nitrogen and oxygen atoms in total. The van der Waals surface area contributed by atoms with Crippen LogP contribution in [0.5, 0.6) is 0 Å². The summed E-state index contributed by atoms with van der Waals surface area (Å²) in [6.45, 7) is 5.79. The summed E-state index contributed by atoms with van der Waals surface area (Å²) >= 11 is 0. The minimum absolute atomic E-state index is 0.220. The predicted octanol–water partition coefficient (Wildman–Crippen LogP) is 0.714. The van der Waals surface area contributed by atoms with E-state index in [4.69, 9.17) is 11.5 Å². The van der Waals surface area contributed by atoms with Crippen molar-refractivity contribution in [2.45, 2.75) is 31.8 Å². The molecule has 1 aromatic carbocycles. The molecule has 0 aliphatic rings. The second kappa shape index (κ2) is 4.85. The first-order valence-corrected chi connectivity index (χ1v) is 5.65. The molecule has 1 atom stereocenters. The van der Waals surface area contributed by atoms with Gasteiger partial charge in [-0.25, -0.2) is 0 Å². The highest BCUT2D eigenvalue weighted by Gasteiger charge is 2.30. The fourth-order valence-electron chi connectivity index (χ4n) is 1.41. The highest BCUT2D eigenvalue weighted by Crippen LogP contribution is 2.17. The van der Waals surface area contributed by atoms with Crippen molar-refractivity contribution in [2.24, 2.45) is 11.5 Å². The van der Waals surface area contributed by atoms with Crippen LogP contribution in [0.3, 0.4) is 0 Å². The van der Waals surface area contributed by atoms with Crippen molar-refractivity contribution >= 4 is 5.91 Å². The molecular formula is C13H21N3O. The Morgan fingerprint density at radius 1 is 1.18 bits per heavy atom. The van der Waals surface area contributed by atoms with E-state index in [9.17, 15) is 4.79 Å². The van der Waals surface area contributed by atoms with Gasteiger partial charge < -0.3 is 16.8 Å². The van der Waals surface area contributed by atoms with Crippen molar-refractivity contribution in [1.29, 1.82) is 0 Å². The smallest absolute Gasteiger partial charge is 0.244 e. The molecule has 1 rings (SSSR count). The molecule has 94 valence electrons. The fraction of sp³-hybridized carbons (Fsp3) is 0.462. The Hall–Kier alpha value is -1.39. The first kappa shape index (κ1) is 13.7. The lowest BCUT2D eigenvalue weighted by molar-refractivity contribution is -0.126. The molecular weight excluding hydrogens is 214 g/mol. The van der Waals surface area contributed by atoms with Gasteiger partial charge in [0.2, 0.25) is 5.91 Å². The van der Waals surface area contributed by atoms with Gasteiger partial charge in [-0.2, -0.15) is 0 Å². The van der Waals surface area contributed by atoms with Crippen molar-refractivity contribution in [3.05, 3.63) is 35.9 Å². The normalized spacial score (nSPS) is 15.1. The molecule has 0 bridgehead atoms. The average Bonchev–Trinajstić information content (AvgIpc) is 2.26. The fourth-order valence-corrected chi connectivity index (χ4v) is 1.41. The molecule has 0 aliphatic heterocycles. The molecule has 0 spiro atoms. The third kappa shape index (κ3) is 3.84. The summed E-state index contributed by atoms with van der Waals surface area (Å²) in [6, 6.07) is 9.29. The quantitative estimate of drug-likeness (QED) is 0.719. The second-order valence-electron chi connectivity index (χ2n) is 5.24. The number of benzene rings is 1. The van der Waals surface area contributed by atoms with Crippen LogP contribution >= 0.6 is 0 Å². The highest BCUT2D eigenvalue weighted by molar-refractivity contribution is 5.87. The molecule has 0 saturated carbocycles. The third-order valence-electron chi connectivity index (χ3n) is 2.55. The lowest BCUT2D eigenvalue weighted by atomic mass is 9.92. The molecule has 0 radical (unpaired) electrons. The Kier molecular flexibility index (Phi) is 3.91. The van der Waals surface area contributed by atoms with Crippen LogP contribution in [0.4, 0.5) is 0 Å². The first-order chi connectivity index (χ1) is 7.73. The first-order valence-electron chi connectivity index (χ1n) is 5.65. The van der Waals surface area contributed by atoms with Gasteiger partial charge in [0.15, 0.2) is 0 Å². The van der Waals surface area contributed by atoms with Crippen molar-refractivity contribution in [1.82, 2.24) is 5.32 Å². The Balaban J connectivity index is 2.74. The molecule has 0 aromatic heterocycles. The monoisotopic (exact) mass is 235 g/mol. The third-order valence-corrected chi connectivity index (χ3v) is 2.55. The number of carbonyl (C=O) groups excluding carboxylic acids is 1. The summed E-state index contributed by atoms with van der Waals surface area (Å²) in [4.78, 5) is 12.0. The summed E-state index contributed by atoms with van der Waals surface area (Å²) in [7, 11) is 0. The van der Waals surface area contributed by atoms with E-state index in [0.29, 0.717) is 6.54 Å². The molecule has 1 unspecified atom stereocenters. The van der Waals surface area contributed by atoms with E-state index in [1.165, 1.54) is 0 Å². The average molecular weight is 235 g/mol. The van der Waals surface area contributed by atoms with Gasteiger partial charge in [0.1, 0.15) is 5.54 Å². The van der Waals surface area contributed by atoms with Crippen LogP contribution in [0.2, 0.25) is 0 Å². The number of rotatable bonds is 4. The van der Waals surface area contributed by atoms with Crippen LogP contribution in [0.15, 0.2) is 30.3 Å². The summed E-state index contributed by atoms with van der Waals surface area (Å²) < 4.78 is 0. The number of amides is 1. The van der Waals surface area contributed by atoms with Crippen LogP contribution in [0, 0.1) is 0 Å². The SMILES string of the molecule is CC(C)(N)CNC(=O)C(C)(N)c1ccccc1. The molecule has 1 aromatic rings. The molecule has 1 amide bonds. The van der Waals surface area contributed by atoms with Crippen LogP contribution in [0.25, 0.3) is 0 Å². The Morgan fingerprint density at radius 2 is 1.71 bits per heavy atom. The van der Waals surface area contributed by atoms with Gasteiger partial charge in [0.05, 0.1) is 0 Å². The van der Waals surface area contributed by atoms with Crippen molar-refractivity contribution < 1.29 is 4.79 Å². The summed E-state index contributed by atoms with van der Waals surface area (Å²) in [5.74, 6) is -0.220. The molecule has 5 N–H and O–H groups in total. The largest absolute Gasteiger partial charge is 0.352 e. The number of nitrogens with two attached hydrogens (primary N) is 2. The van der Waals surface area contributed by atoms with Crippen LogP contribution in [0.1, 0.15) is 26.3 Å².